The lowest BCUT2D eigenvalue weighted by Gasteiger charge is -2.19. The molecule has 0 fully saturated rings. The van der Waals surface area contributed by atoms with Gasteiger partial charge in [0.2, 0.25) is 5.95 Å². The third-order valence-corrected chi connectivity index (χ3v) is 4.29. The molecule has 0 spiro atoms. The molecule has 0 bridgehead atoms. The minimum Gasteiger partial charge on any atom is -0.486 e. The van der Waals surface area contributed by atoms with Gasteiger partial charge in [-0.15, -0.1) is 0 Å². The van der Waals surface area contributed by atoms with Crippen molar-refractivity contribution in [1.29, 1.82) is 0 Å². The Morgan fingerprint density at radius 1 is 1.04 bits per heavy atom. The fourth-order valence-corrected chi connectivity index (χ4v) is 2.92. The molecule has 0 radical (unpaired) electrons. The third-order valence-electron chi connectivity index (χ3n) is 4.29. The summed E-state index contributed by atoms with van der Waals surface area (Å²) in [5.41, 5.74) is 3.16. The van der Waals surface area contributed by atoms with Crippen LogP contribution >= 0.6 is 0 Å². The first kappa shape index (κ1) is 16.4. The highest BCUT2D eigenvalue weighted by Crippen LogP contribution is 2.31. The molecule has 0 N–H and O–H groups in total. The molecule has 3 heterocycles. The number of aryl methyl sites for hydroxylation is 2. The summed E-state index contributed by atoms with van der Waals surface area (Å²) < 4.78 is 13.4. The Balaban J connectivity index is 1.49. The maximum atomic E-state index is 5.66. The van der Waals surface area contributed by atoms with E-state index in [1.807, 2.05) is 50.0 Å². The van der Waals surface area contributed by atoms with Crippen molar-refractivity contribution in [3.63, 3.8) is 0 Å². The van der Waals surface area contributed by atoms with Gasteiger partial charge in [-0.25, -0.2) is 15.0 Å². The van der Waals surface area contributed by atoms with E-state index in [-0.39, 0.29) is 0 Å². The van der Waals surface area contributed by atoms with E-state index < -0.39 is 0 Å². The highest BCUT2D eigenvalue weighted by Gasteiger charge is 2.12. The molecule has 3 aromatic rings. The largest absolute Gasteiger partial charge is 0.486 e. The Bertz CT molecular complexity index is 889. The normalized spacial score (nSPS) is 12.8. The van der Waals surface area contributed by atoms with Gasteiger partial charge < -0.3 is 18.9 Å². The number of hydrogen-bond acceptors (Lipinski definition) is 6. The molecular formula is C19H21N5O2. The number of rotatable bonds is 5. The first-order chi connectivity index (χ1) is 12.7. The van der Waals surface area contributed by atoms with Crippen LogP contribution in [0, 0.1) is 0 Å². The van der Waals surface area contributed by atoms with Crippen molar-refractivity contribution >= 4 is 5.95 Å². The second-order valence-corrected chi connectivity index (χ2v) is 6.37. The first-order valence-corrected chi connectivity index (χ1v) is 8.59. The summed E-state index contributed by atoms with van der Waals surface area (Å²) in [6.07, 6.45) is 8.22. The van der Waals surface area contributed by atoms with Crippen LogP contribution in [-0.2, 0) is 13.0 Å². The van der Waals surface area contributed by atoms with Crippen LogP contribution < -0.4 is 14.4 Å². The highest BCUT2D eigenvalue weighted by atomic mass is 16.6. The van der Waals surface area contributed by atoms with Gasteiger partial charge in [-0.2, -0.15) is 0 Å². The SMILES string of the molecule is CN(C)c1ncc(-c2cncn2CCc2ccc3c(c2)OCCO3)cn1. The fourth-order valence-electron chi connectivity index (χ4n) is 2.92. The molecule has 0 aliphatic carbocycles. The smallest absolute Gasteiger partial charge is 0.224 e. The monoisotopic (exact) mass is 351 g/mol. The molecule has 0 atom stereocenters. The van der Waals surface area contributed by atoms with Gasteiger partial charge in [-0.1, -0.05) is 6.07 Å². The van der Waals surface area contributed by atoms with Crippen molar-refractivity contribution in [2.75, 3.05) is 32.2 Å². The van der Waals surface area contributed by atoms with Crippen LogP contribution in [0.4, 0.5) is 5.95 Å². The van der Waals surface area contributed by atoms with E-state index in [1.54, 1.807) is 0 Å². The van der Waals surface area contributed by atoms with Gasteiger partial charge in [0.15, 0.2) is 11.5 Å². The van der Waals surface area contributed by atoms with Crippen LogP contribution in [0.1, 0.15) is 5.56 Å². The maximum absolute atomic E-state index is 5.66. The van der Waals surface area contributed by atoms with Crippen molar-refractivity contribution < 1.29 is 9.47 Å². The minimum atomic E-state index is 0.602. The summed E-state index contributed by atoms with van der Waals surface area (Å²) in [7, 11) is 3.85. The molecule has 7 nitrogen and oxygen atoms in total. The molecule has 7 heteroatoms. The van der Waals surface area contributed by atoms with E-state index in [1.165, 1.54) is 5.56 Å². The molecule has 0 saturated heterocycles. The number of imidazole rings is 1. The van der Waals surface area contributed by atoms with Crippen molar-refractivity contribution in [3.05, 3.63) is 48.7 Å². The standard InChI is InChI=1S/C19H21N5O2/c1-23(2)19-21-10-15(11-22-19)16-12-20-13-24(16)6-5-14-3-4-17-18(9-14)26-8-7-25-17/h3-4,9-13H,5-8H2,1-2H3. The summed E-state index contributed by atoms with van der Waals surface area (Å²) in [6.45, 7) is 2.02. The zero-order valence-electron chi connectivity index (χ0n) is 14.9. The summed E-state index contributed by atoms with van der Waals surface area (Å²) in [5.74, 6) is 2.34. The summed E-state index contributed by atoms with van der Waals surface area (Å²) in [6, 6.07) is 6.12. The molecule has 1 aromatic carbocycles. The Labute approximate surface area is 152 Å². The Hall–Kier alpha value is -3.09. The van der Waals surface area contributed by atoms with Gasteiger partial charge in [-0.3, -0.25) is 0 Å². The van der Waals surface area contributed by atoms with E-state index in [4.69, 9.17) is 9.47 Å². The molecule has 0 amide bonds. The van der Waals surface area contributed by atoms with Crippen molar-refractivity contribution in [2.24, 2.45) is 0 Å². The lowest BCUT2D eigenvalue weighted by molar-refractivity contribution is 0.171. The van der Waals surface area contributed by atoms with Gasteiger partial charge in [0.25, 0.3) is 0 Å². The van der Waals surface area contributed by atoms with Crippen molar-refractivity contribution in [1.82, 2.24) is 19.5 Å². The number of anilines is 1. The van der Waals surface area contributed by atoms with Crippen LogP contribution in [0.2, 0.25) is 0 Å². The van der Waals surface area contributed by atoms with E-state index in [2.05, 4.69) is 31.7 Å². The van der Waals surface area contributed by atoms with Gasteiger partial charge in [0.1, 0.15) is 13.2 Å². The highest BCUT2D eigenvalue weighted by molar-refractivity contribution is 5.57. The predicted molar refractivity (Wildman–Crippen MR) is 98.7 cm³/mol. The number of nitrogens with zero attached hydrogens (tertiary/aromatic N) is 5. The van der Waals surface area contributed by atoms with Crippen LogP contribution in [0.3, 0.4) is 0 Å². The maximum Gasteiger partial charge on any atom is 0.224 e. The van der Waals surface area contributed by atoms with Crippen LogP contribution in [0.15, 0.2) is 43.1 Å². The second kappa shape index (κ2) is 7.03. The molecule has 26 heavy (non-hydrogen) atoms. The summed E-state index contributed by atoms with van der Waals surface area (Å²) >= 11 is 0. The van der Waals surface area contributed by atoms with E-state index in [0.717, 1.165) is 35.7 Å². The average Bonchev–Trinajstić information content (AvgIpc) is 3.15. The molecule has 1 aliphatic heterocycles. The molecule has 0 unspecified atom stereocenters. The van der Waals surface area contributed by atoms with Gasteiger partial charge in [-0.05, 0) is 24.1 Å². The number of aromatic nitrogens is 4. The van der Waals surface area contributed by atoms with Crippen molar-refractivity contribution in [2.45, 2.75) is 13.0 Å². The van der Waals surface area contributed by atoms with E-state index >= 15 is 0 Å². The second-order valence-electron chi connectivity index (χ2n) is 6.37. The molecule has 4 rings (SSSR count). The van der Waals surface area contributed by atoms with E-state index in [0.29, 0.717) is 19.2 Å². The van der Waals surface area contributed by atoms with Gasteiger partial charge in [0, 0.05) is 38.6 Å². The zero-order chi connectivity index (χ0) is 17.9. The van der Waals surface area contributed by atoms with Crippen LogP contribution in [-0.4, -0.2) is 46.8 Å². The number of hydrogen-bond donors (Lipinski definition) is 0. The third kappa shape index (κ3) is 3.33. The minimum absolute atomic E-state index is 0.602. The molecule has 1 aliphatic rings. The van der Waals surface area contributed by atoms with Crippen molar-refractivity contribution in [3.8, 4) is 22.8 Å². The lowest BCUT2D eigenvalue weighted by atomic mass is 10.1. The number of ether oxygens (including phenoxy) is 2. The average molecular weight is 351 g/mol. The lowest BCUT2D eigenvalue weighted by Crippen LogP contribution is -2.15. The molecular weight excluding hydrogens is 330 g/mol. The number of fused-ring (bicyclic) bond motifs is 1. The van der Waals surface area contributed by atoms with Crippen LogP contribution in [0.5, 0.6) is 11.5 Å². The zero-order valence-corrected chi connectivity index (χ0v) is 14.9. The molecule has 134 valence electrons. The summed E-state index contributed by atoms with van der Waals surface area (Å²) in [4.78, 5) is 14.9. The first-order valence-electron chi connectivity index (χ1n) is 8.59. The van der Waals surface area contributed by atoms with Gasteiger partial charge >= 0.3 is 0 Å². The molecule has 2 aromatic heterocycles. The predicted octanol–water partition coefficient (Wildman–Crippen LogP) is 2.42. The Morgan fingerprint density at radius 3 is 2.58 bits per heavy atom. The number of benzene rings is 1. The van der Waals surface area contributed by atoms with Gasteiger partial charge in [0.05, 0.1) is 18.2 Å². The fraction of sp³-hybridized carbons (Fsp3) is 0.316. The quantitative estimate of drug-likeness (QED) is 0.703. The van der Waals surface area contributed by atoms with Crippen LogP contribution in [0.25, 0.3) is 11.3 Å². The summed E-state index contributed by atoms with van der Waals surface area (Å²) in [5, 5.41) is 0. The Morgan fingerprint density at radius 2 is 1.81 bits per heavy atom. The molecule has 0 saturated carbocycles. The van der Waals surface area contributed by atoms with E-state index in [9.17, 15) is 0 Å². The Kier molecular flexibility index (Phi) is 4.43. The topological polar surface area (TPSA) is 65.3 Å².